The van der Waals surface area contributed by atoms with Crippen molar-refractivity contribution < 1.29 is 5.11 Å². The van der Waals surface area contributed by atoms with Crippen LogP contribution in [0.1, 0.15) is 26.2 Å². The van der Waals surface area contributed by atoms with Gasteiger partial charge in [-0.2, -0.15) is 0 Å². The first kappa shape index (κ1) is 14.1. The van der Waals surface area contributed by atoms with E-state index in [-0.39, 0.29) is 5.75 Å². The zero-order valence-electron chi connectivity index (χ0n) is 12.5. The summed E-state index contributed by atoms with van der Waals surface area (Å²) in [6.45, 7) is 5.74. The van der Waals surface area contributed by atoms with Gasteiger partial charge in [0.05, 0.1) is 0 Å². The van der Waals surface area contributed by atoms with Gasteiger partial charge in [-0.05, 0) is 49.4 Å². The molecule has 3 rings (SSSR count). The maximum Gasteiger partial charge on any atom is 0.134 e. The number of pyridine rings is 1. The van der Waals surface area contributed by atoms with E-state index in [0.717, 1.165) is 42.5 Å². The molecular weight excluding hydrogens is 262 g/mol. The van der Waals surface area contributed by atoms with Crippen LogP contribution in [-0.4, -0.2) is 40.7 Å². The average Bonchev–Trinajstić information content (AvgIpc) is 2.50. The second-order valence-corrected chi connectivity index (χ2v) is 5.83. The van der Waals surface area contributed by atoms with Crippen molar-refractivity contribution >= 4 is 16.6 Å². The summed E-state index contributed by atoms with van der Waals surface area (Å²) in [7, 11) is 0. The standard InChI is InChI=1S/C17H23N3O/c1-2-9-20-10-6-14(7-11-20)19-17-16-12-15(21)4-3-13(16)5-8-18-17/h3-5,8,12,14,21H,2,6-7,9-11H2,1H3,(H,18,19). The van der Waals surface area contributed by atoms with Gasteiger partial charge in [-0.1, -0.05) is 13.0 Å². The fourth-order valence-corrected chi connectivity index (χ4v) is 3.08. The van der Waals surface area contributed by atoms with Crippen molar-refractivity contribution in [3.05, 3.63) is 30.5 Å². The van der Waals surface area contributed by atoms with Crippen molar-refractivity contribution in [2.45, 2.75) is 32.2 Å². The lowest BCUT2D eigenvalue weighted by Gasteiger charge is -2.32. The van der Waals surface area contributed by atoms with E-state index in [0.29, 0.717) is 6.04 Å². The normalized spacial score (nSPS) is 17.2. The van der Waals surface area contributed by atoms with E-state index in [2.05, 4.69) is 22.1 Å². The number of likely N-dealkylation sites (tertiary alicyclic amines) is 1. The zero-order valence-corrected chi connectivity index (χ0v) is 12.5. The number of rotatable bonds is 4. The van der Waals surface area contributed by atoms with E-state index < -0.39 is 0 Å². The molecule has 0 spiro atoms. The lowest BCUT2D eigenvalue weighted by Crippen LogP contribution is -2.39. The predicted molar refractivity (Wildman–Crippen MR) is 86.8 cm³/mol. The van der Waals surface area contributed by atoms with Gasteiger partial charge >= 0.3 is 0 Å². The number of aromatic hydroxyl groups is 1. The maximum atomic E-state index is 9.69. The van der Waals surface area contributed by atoms with E-state index in [9.17, 15) is 5.11 Å². The molecule has 0 amide bonds. The monoisotopic (exact) mass is 285 g/mol. The number of nitrogens with one attached hydrogen (secondary N) is 1. The second-order valence-electron chi connectivity index (χ2n) is 5.83. The molecule has 1 aromatic carbocycles. The van der Waals surface area contributed by atoms with E-state index in [1.165, 1.54) is 13.0 Å². The summed E-state index contributed by atoms with van der Waals surface area (Å²) in [6.07, 6.45) is 5.35. The smallest absolute Gasteiger partial charge is 0.134 e. The Morgan fingerprint density at radius 1 is 1.29 bits per heavy atom. The summed E-state index contributed by atoms with van der Waals surface area (Å²) in [5.74, 6) is 1.17. The molecule has 0 atom stereocenters. The number of fused-ring (bicyclic) bond motifs is 1. The van der Waals surface area contributed by atoms with Gasteiger partial charge < -0.3 is 15.3 Å². The molecule has 1 saturated heterocycles. The van der Waals surface area contributed by atoms with Crippen LogP contribution in [0.15, 0.2) is 30.5 Å². The molecule has 0 radical (unpaired) electrons. The molecule has 0 bridgehead atoms. The first-order chi connectivity index (χ1) is 10.3. The molecule has 0 aliphatic carbocycles. The Kier molecular flexibility index (Phi) is 4.25. The summed E-state index contributed by atoms with van der Waals surface area (Å²) < 4.78 is 0. The first-order valence-corrected chi connectivity index (χ1v) is 7.83. The molecule has 0 saturated carbocycles. The maximum absolute atomic E-state index is 9.69. The number of aromatic nitrogens is 1. The number of benzene rings is 1. The van der Waals surface area contributed by atoms with Crippen LogP contribution in [-0.2, 0) is 0 Å². The Labute approximate surface area is 125 Å². The first-order valence-electron chi connectivity index (χ1n) is 7.83. The fourth-order valence-electron chi connectivity index (χ4n) is 3.08. The van der Waals surface area contributed by atoms with Gasteiger partial charge in [0.1, 0.15) is 11.6 Å². The van der Waals surface area contributed by atoms with Crippen molar-refractivity contribution in [3.8, 4) is 5.75 Å². The van der Waals surface area contributed by atoms with Crippen LogP contribution in [0.25, 0.3) is 10.8 Å². The molecule has 1 aliphatic rings. The van der Waals surface area contributed by atoms with Gasteiger partial charge in [0.2, 0.25) is 0 Å². The van der Waals surface area contributed by atoms with Crippen LogP contribution < -0.4 is 5.32 Å². The number of hydrogen-bond donors (Lipinski definition) is 2. The van der Waals surface area contributed by atoms with E-state index in [1.807, 2.05) is 18.3 Å². The average molecular weight is 285 g/mol. The summed E-state index contributed by atoms with van der Waals surface area (Å²) in [5.41, 5.74) is 0. The highest BCUT2D eigenvalue weighted by Gasteiger charge is 2.19. The number of piperidine rings is 1. The Bertz CT molecular complexity index is 606. The number of nitrogens with zero attached hydrogens (tertiary/aromatic N) is 2. The molecule has 1 fully saturated rings. The summed E-state index contributed by atoms with van der Waals surface area (Å²) in [6, 6.07) is 7.88. The van der Waals surface area contributed by atoms with Crippen LogP contribution in [0.2, 0.25) is 0 Å². The SMILES string of the molecule is CCCN1CCC(Nc2nccc3ccc(O)cc23)CC1. The molecule has 2 aromatic rings. The molecular formula is C17H23N3O. The molecule has 2 N–H and O–H groups in total. The Hall–Kier alpha value is -1.81. The van der Waals surface area contributed by atoms with Crippen molar-refractivity contribution in [1.82, 2.24) is 9.88 Å². The minimum Gasteiger partial charge on any atom is -0.508 e. The Balaban J connectivity index is 1.72. The van der Waals surface area contributed by atoms with Crippen LogP contribution in [0, 0.1) is 0 Å². The van der Waals surface area contributed by atoms with Crippen LogP contribution in [0.5, 0.6) is 5.75 Å². The molecule has 1 aliphatic heterocycles. The zero-order chi connectivity index (χ0) is 14.7. The van der Waals surface area contributed by atoms with Crippen molar-refractivity contribution in [3.63, 3.8) is 0 Å². The van der Waals surface area contributed by atoms with Crippen LogP contribution in [0.3, 0.4) is 0 Å². The minimum absolute atomic E-state index is 0.288. The predicted octanol–water partition coefficient (Wildman–Crippen LogP) is 3.23. The molecule has 0 unspecified atom stereocenters. The number of hydrogen-bond acceptors (Lipinski definition) is 4. The summed E-state index contributed by atoms with van der Waals surface area (Å²) >= 11 is 0. The highest BCUT2D eigenvalue weighted by molar-refractivity contribution is 5.92. The number of anilines is 1. The van der Waals surface area contributed by atoms with Gasteiger partial charge in [-0.15, -0.1) is 0 Å². The van der Waals surface area contributed by atoms with Crippen molar-refractivity contribution in [1.29, 1.82) is 0 Å². The Morgan fingerprint density at radius 3 is 2.86 bits per heavy atom. The highest BCUT2D eigenvalue weighted by Crippen LogP contribution is 2.26. The van der Waals surface area contributed by atoms with Gasteiger partial charge in [-0.3, -0.25) is 0 Å². The van der Waals surface area contributed by atoms with Gasteiger partial charge in [-0.25, -0.2) is 4.98 Å². The third-order valence-corrected chi connectivity index (χ3v) is 4.22. The molecule has 4 heteroatoms. The number of phenolic OH excluding ortho intramolecular Hbond substituents is 1. The minimum atomic E-state index is 0.288. The van der Waals surface area contributed by atoms with Gasteiger partial charge in [0.15, 0.2) is 0 Å². The molecule has 1 aromatic heterocycles. The third-order valence-electron chi connectivity index (χ3n) is 4.22. The molecule has 4 nitrogen and oxygen atoms in total. The summed E-state index contributed by atoms with van der Waals surface area (Å²) in [5, 5.41) is 15.4. The lowest BCUT2D eigenvalue weighted by atomic mass is 10.0. The highest BCUT2D eigenvalue weighted by atomic mass is 16.3. The van der Waals surface area contributed by atoms with Crippen molar-refractivity contribution in [2.24, 2.45) is 0 Å². The largest absolute Gasteiger partial charge is 0.508 e. The molecule has 2 heterocycles. The van der Waals surface area contributed by atoms with Crippen LogP contribution in [0.4, 0.5) is 5.82 Å². The lowest BCUT2D eigenvalue weighted by molar-refractivity contribution is 0.219. The van der Waals surface area contributed by atoms with Gasteiger partial charge in [0, 0.05) is 30.7 Å². The fraction of sp³-hybridized carbons (Fsp3) is 0.471. The van der Waals surface area contributed by atoms with Crippen LogP contribution >= 0.6 is 0 Å². The molecule has 21 heavy (non-hydrogen) atoms. The third kappa shape index (κ3) is 3.27. The van der Waals surface area contributed by atoms with E-state index >= 15 is 0 Å². The Morgan fingerprint density at radius 2 is 2.10 bits per heavy atom. The van der Waals surface area contributed by atoms with Gasteiger partial charge in [0.25, 0.3) is 0 Å². The number of phenols is 1. The second kappa shape index (κ2) is 6.31. The van der Waals surface area contributed by atoms with Crippen molar-refractivity contribution in [2.75, 3.05) is 25.0 Å². The van der Waals surface area contributed by atoms with E-state index in [1.54, 1.807) is 12.1 Å². The van der Waals surface area contributed by atoms with E-state index in [4.69, 9.17) is 0 Å². The summed E-state index contributed by atoms with van der Waals surface area (Å²) in [4.78, 5) is 6.99. The molecule has 112 valence electrons. The quantitative estimate of drug-likeness (QED) is 0.905. The topological polar surface area (TPSA) is 48.4 Å².